The molecular formula is C17H13NO6. The standard InChI is InChI=1S/C17H13NO6/c19-17(20)14(9-11-2-1-3-13(8-11)18(21)22)12-4-5-15-16(10-12)24-7-6-23-15/h1-5,8-10H,6-7H2,(H,19,20)/b14-9-. The molecule has 7 nitrogen and oxygen atoms in total. The van der Waals surface area contributed by atoms with Gasteiger partial charge in [0.15, 0.2) is 11.5 Å². The topological polar surface area (TPSA) is 98.9 Å². The Morgan fingerprint density at radius 1 is 1.12 bits per heavy atom. The Labute approximate surface area is 136 Å². The van der Waals surface area contributed by atoms with Crippen molar-refractivity contribution in [2.24, 2.45) is 0 Å². The first-order chi connectivity index (χ1) is 11.5. The molecule has 1 aliphatic rings. The molecule has 0 aliphatic carbocycles. The van der Waals surface area contributed by atoms with E-state index in [-0.39, 0.29) is 11.3 Å². The van der Waals surface area contributed by atoms with Gasteiger partial charge in [0.1, 0.15) is 13.2 Å². The van der Waals surface area contributed by atoms with Gasteiger partial charge >= 0.3 is 5.97 Å². The minimum atomic E-state index is -1.14. The zero-order valence-electron chi connectivity index (χ0n) is 12.5. The summed E-state index contributed by atoms with van der Waals surface area (Å²) in [6.45, 7) is 0.842. The van der Waals surface area contributed by atoms with Gasteiger partial charge in [-0.3, -0.25) is 10.1 Å². The molecule has 0 spiro atoms. The Bertz CT molecular complexity index is 843. The number of nitrogens with zero attached hydrogens (tertiary/aromatic N) is 1. The van der Waals surface area contributed by atoms with Gasteiger partial charge in [-0.05, 0) is 29.3 Å². The second-order valence-electron chi connectivity index (χ2n) is 5.07. The zero-order chi connectivity index (χ0) is 17.1. The fraction of sp³-hybridized carbons (Fsp3) is 0.118. The molecule has 24 heavy (non-hydrogen) atoms. The van der Waals surface area contributed by atoms with Crippen LogP contribution in [-0.4, -0.2) is 29.2 Å². The van der Waals surface area contributed by atoms with E-state index in [9.17, 15) is 20.0 Å². The van der Waals surface area contributed by atoms with E-state index in [4.69, 9.17) is 9.47 Å². The lowest BCUT2D eigenvalue weighted by Gasteiger charge is -2.19. The number of nitro groups is 1. The first-order valence-electron chi connectivity index (χ1n) is 7.14. The van der Waals surface area contributed by atoms with Gasteiger partial charge in [-0.25, -0.2) is 4.79 Å². The Morgan fingerprint density at radius 3 is 2.58 bits per heavy atom. The number of ether oxygens (including phenoxy) is 2. The minimum Gasteiger partial charge on any atom is -0.486 e. The van der Waals surface area contributed by atoms with Crippen LogP contribution in [0.25, 0.3) is 11.6 Å². The van der Waals surface area contributed by atoms with Crippen molar-refractivity contribution in [2.45, 2.75) is 0 Å². The predicted molar refractivity (Wildman–Crippen MR) is 86.0 cm³/mol. The van der Waals surface area contributed by atoms with Crippen molar-refractivity contribution >= 4 is 23.3 Å². The van der Waals surface area contributed by atoms with E-state index < -0.39 is 10.9 Å². The molecule has 1 aliphatic heterocycles. The maximum Gasteiger partial charge on any atom is 0.336 e. The smallest absolute Gasteiger partial charge is 0.336 e. The number of aliphatic carboxylic acids is 1. The molecular weight excluding hydrogens is 314 g/mol. The van der Waals surface area contributed by atoms with Crippen LogP contribution < -0.4 is 9.47 Å². The van der Waals surface area contributed by atoms with E-state index in [0.717, 1.165) is 0 Å². The molecule has 3 rings (SSSR count). The molecule has 7 heteroatoms. The third kappa shape index (κ3) is 3.19. The molecule has 2 aromatic rings. The monoisotopic (exact) mass is 327 g/mol. The number of fused-ring (bicyclic) bond motifs is 1. The number of carbonyl (C=O) groups is 1. The van der Waals surface area contributed by atoms with Gasteiger partial charge in [0.2, 0.25) is 0 Å². The van der Waals surface area contributed by atoms with Crippen LogP contribution >= 0.6 is 0 Å². The number of hydrogen-bond donors (Lipinski definition) is 1. The average molecular weight is 327 g/mol. The van der Waals surface area contributed by atoms with Gasteiger partial charge in [0.05, 0.1) is 10.5 Å². The van der Waals surface area contributed by atoms with Crippen LogP contribution in [0.5, 0.6) is 11.5 Å². The lowest BCUT2D eigenvalue weighted by Crippen LogP contribution is -2.15. The number of rotatable bonds is 4. The molecule has 0 aromatic heterocycles. The quantitative estimate of drug-likeness (QED) is 0.401. The summed E-state index contributed by atoms with van der Waals surface area (Å²) in [4.78, 5) is 21.9. The lowest BCUT2D eigenvalue weighted by molar-refractivity contribution is -0.384. The van der Waals surface area contributed by atoms with Crippen LogP contribution in [-0.2, 0) is 4.79 Å². The maximum atomic E-state index is 11.6. The van der Waals surface area contributed by atoms with E-state index >= 15 is 0 Å². The summed E-state index contributed by atoms with van der Waals surface area (Å²) < 4.78 is 10.9. The maximum absolute atomic E-state index is 11.6. The van der Waals surface area contributed by atoms with Crippen LogP contribution in [0.1, 0.15) is 11.1 Å². The van der Waals surface area contributed by atoms with Crippen molar-refractivity contribution in [3.8, 4) is 11.5 Å². The Kier molecular flexibility index (Phi) is 4.15. The SMILES string of the molecule is O=C(O)/C(=C\c1cccc([N+](=O)[O-])c1)c1ccc2c(c1)OCCO2. The largest absolute Gasteiger partial charge is 0.486 e. The summed E-state index contributed by atoms with van der Waals surface area (Å²) in [5.41, 5.74) is 0.762. The lowest BCUT2D eigenvalue weighted by atomic mass is 10.0. The third-order valence-electron chi connectivity index (χ3n) is 3.48. The van der Waals surface area contributed by atoms with E-state index in [1.165, 1.54) is 24.3 Å². The van der Waals surface area contributed by atoms with Crippen LogP contribution in [0.2, 0.25) is 0 Å². The molecule has 122 valence electrons. The molecule has 0 radical (unpaired) electrons. The third-order valence-corrected chi connectivity index (χ3v) is 3.48. The van der Waals surface area contributed by atoms with E-state index in [1.54, 1.807) is 24.3 Å². The molecule has 1 heterocycles. The number of benzene rings is 2. The minimum absolute atomic E-state index is 0.00692. The Hall–Kier alpha value is -3.35. The molecule has 0 bridgehead atoms. The van der Waals surface area contributed by atoms with Gasteiger partial charge in [-0.1, -0.05) is 18.2 Å². The number of hydrogen-bond acceptors (Lipinski definition) is 5. The van der Waals surface area contributed by atoms with Gasteiger partial charge < -0.3 is 14.6 Å². The molecule has 0 fully saturated rings. The fourth-order valence-electron chi connectivity index (χ4n) is 2.37. The molecule has 0 atom stereocenters. The van der Waals surface area contributed by atoms with Gasteiger partial charge in [0.25, 0.3) is 5.69 Å². The second-order valence-corrected chi connectivity index (χ2v) is 5.07. The fourth-order valence-corrected chi connectivity index (χ4v) is 2.37. The van der Waals surface area contributed by atoms with Crippen molar-refractivity contribution < 1.29 is 24.3 Å². The molecule has 0 unspecified atom stereocenters. The van der Waals surface area contributed by atoms with E-state index in [0.29, 0.717) is 35.8 Å². The summed E-state index contributed by atoms with van der Waals surface area (Å²) >= 11 is 0. The van der Waals surface area contributed by atoms with Gasteiger partial charge in [-0.15, -0.1) is 0 Å². The van der Waals surface area contributed by atoms with Crippen LogP contribution in [0.15, 0.2) is 42.5 Å². The first kappa shape index (κ1) is 15.5. The number of carboxylic acids is 1. The van der Waals surface area contributed by atoms with Crippen molar-refractivity contribution in [2.75, 3.05) is 13.2 Å². The summed E-state index contributed by atoms with van der Waals surface area (Å²) in [6, 6.07) is 10.6. The zero-order valence-corrected chi connectivity index (χ0v) is 12.5. The number of non-ortho nitro benzene ring substituents is 1. The summed E-state index contributed by atoms with van der Waals surface area (Å²) in [7, 11) is 0. The first-order valence-corrected chi connectivity index (χ1v) is 7.14. The van der Waals surface area contributed by atoms with Crippen molar-refractivity contribution in [3.63, 3.8) is 0 Å². The molecule has 2 aromatic carbocycles. The van der Waals surface area contributed by atoms with Gasteiger partial charge in [-0.2, -0.15) is 0 Å². The Balaban J connectivity index is 2.02. The van der Waals surface area contributed by atoms with Crippen molar-refractivity contribution in [1.82, 2.24) is 0 Å². The summed E-state index contributed by atoms with van der Waals surface area (Å²) in [5, 5.41) is 20.3. The van der Waals surface area contributed by atoms with Crippen molar-refractivity contribution in [1.29, 1.82) is 0 Å². The van der Waals surface area contributed by atoms with Crippen LogP contribution in [0, 0.1) is 10.1 Å². The highest BCUT2D eigenvalue weighted by atomic mass is 16.6. The van der Waals surface area contributed by atoms with Crippen LogP contribution in [0.4, 0.5) is 5.69 Å². The predicted octanol–water partition coefficient (Wildman–Crippen LogP) is 2.99. The van der Waals surface area contributed by atoms with Crippen molar-refractivity contribution in [3.05, 3.63) is 63.7 Å². The highest BCUT2D eigenvalue weighted by Crippen LogP contribution is 2.33. The molecule has 1 N–H and O–H groups in total. The normalized spacial score (nSPS) is 13.4. The Morgan fingerprint density at radius 2 is 1.88 bits per heavy atom. The molecule has 0 amide bonds. The molecule has 0 saturated carbocycles. The number of carboxylic acid groups (broad SMARTS) is 1. The highest BCUT2D eigenvalue weighted by molar-refractivity contribution is 6.20. The highest BCUT2D eigenvalue weighted by Gasteiger charge is 2.17. The number of nitro benzene ring substituents is 1. The average Bonchev–Trinajstić information content (AvgIpc) is 2.59. The summed E-state index contributed by atoms with van der Waals surface area (Å²) in [6.07, 6.45) is 1.39. The van der Waals surface area contributed by atoms with E-state index in [1.807, 2.05) is 0 Å². The summed E-state index contributed by atoms with van der Waals surface area (Å²) in [5.74, 6) is -0.104. The van der Waals surface area contributed by atoms with Crippen LogP contribution in [0.3, 0.4) is 0 Å². The van der Waals surface area contributed by atoms with E-state index in [2.05, 4.69) is 0 Å². The second kappa shape index (κ2) is 6.41. The molecule has 0 saturated heterocycles. The van der Waals surface area contributed by atoms with Gasteiger partial charge in [0, 0.05) is 12.1 Å².